The van der Waals surface area contributed by atoms with Crippen LogP contribution >= 0.6 is 11.6 Å². The summed E-state index contributed by atoms with van der Waals surface area (Å²) in [6, 6.07) is 11.8. The molecule has 1 aliphatic rings. The molecule has 8 heteroatoms. The third-order valence-corrected chi connectivity index (χ3v) is 5.92. The third-order valence-electron chi connectivity index (χ3n) is 4.51. The van der Waals surface area contributed by atoms with Crippen LogP contribution in [0.1, 0.15) is 34.0 Å². The predicted octanol–water partition coefficient (Wildman–Crippen LogP) is 2.52. The molecule has 3 rings (SSSR count). The molecule has 2 N–H and O–H groups in total. The molecule has 0 saturated heterocycles. The maximum Gasteiger partial charge on any atom is 0.251 e. The lowest BCUT2D eigenvalue weighted by atomic mass is 10.0. The van der Waals surface area contributed by atoms with E-state index in [0.717, 1.165) is 5.56 Å². The van der Waals surface area contributed by atoms with Crippen LogP contribution in [0.15, 0.2) is 42.5 Å². The normalized spacial score (nSPS) is 15.1. The zero-order chi connectivity index (χ0) is 19.6. The fourth-order valence-corrected chi connectivity index (χ4v) is 4.37. The summed E-state index contributed by atoms with van der Waals surface area (Å²) < 4.78 is 25.2. The second-order valence-electron chi connectivity index (χ2n) is 6.56. The van der Waals surface area contributed by atoms with Crippen molar-refractivity contribution >= 4 is 33.2 Å². The summed E-state index contributed by atoms with van der Waals surface area (Å²) in [5.41, 5.74) is 2.51. The zero-order valence-electron chi connectivity index (χ0n) is 14.9. The highest BCUT2D eigenvalue weighted by Gasteiger charge is 2.24. The number of nitrogens with zero attached hydrogens (tertiary/aromatic N) is 1. The first-order valence-corrected chi connectivity index (χ1v) is 10.8. The number of carbonyl (C=O) groups excluding carboxylic acids is 1. The van der Waals surface area contributed by atoms with Gasteiger partial charge >= 0.3 is 0 Å². The summed E-state index contributed by atoms with van der Waals surface area (Å²) in [5.74, 6) is -0.324. The highest BCUT2D eigenvalue weighted by atomic mass is 35.5. The number of aryl methyl sites for hydroxylation is 1. The molecule has 1 aliphatic heterocycles. The number of aliphatic hydroxyl groups excluding tert-OH is 1. The molecule has 0 bridgehead atoms. The number of hydrogen-bond donors (Lipinski definition) is 2. The van der Waals surface area contributed by atoms with Crippen LogP contribution in [0.4, 0.5) is 5.69 Å². The van der Waals surface area contributed by atoms with Crippen molar-refractivity contribution in [2.45, 2.75) is 18.9 Å². The van der Waals surface area contributed by atoms with Crippen molar-refractivity contribution in [2.75, 3.05) is 23.7 Å². The van der Waals surface area contributed by atoms with Crippen LogP contribution in [0, 0.1) is 0 Å². The first-order chi connectivity index (χ1) is 12.8. The fourth-order valence-electron chi connectivity index (χ4n) is 3.17. The van der Waals surface area contributed by atoms with E-state index in [0.29, 0.717) is 41.2 Å². The molecule has 0 aliphatic carbocycles. The standard InChI is InChI=1S/C19H21ClN2O4S/c1-27(25,26)22-9-3-5-13-10-15(7-8-17(13)22)19(24)21-12-18(23)14-4-2-6-16(20)11-14/h2,4,6-8,10-11,18,23H,3,5,9,12H2,1H3,(H,21,24). The predicted molar refractivity (Wildman–Crippen MR) is 106 cm³/mol. The Balaban J connectivity index is 1.71. The van der Waals surface area contributed by atoms with Gasteiger partial charge in [-0.1, -0.05) is 23.7 Å². The van der Waals surface area contributed by atoms with Gasteiger partial charge in [-0.05, 0) is 54.3 Å². The highest BCUT2D eigenvalue weighted by molar-refractivity contribution is 7.92. The summed E-state index contributed by atoms with van der Waals surface area (Å²) in [6.45, 7) is 0.495. The number of hydrogen-bond acceptors (Lipinski definition) is 4. The van der Waals surface area contributed by atoms with Gasteiger partial charge in [-0.25, -0.2) is 8.42 Å². The first-order valence-electron chi connectivity index (χ1n) is 8.58. The first kappa shape index (κ1) is 19.7. The van der Waals surface area contributed by atoms with E-state index in [9.17, 15) is 18.3 Å². The number of rotatable bonds is 5. The molecule has 2 aromatic rings. The van der Waals surface area contributed by atoms with Gasteiger partial charge in [0.15, 0.2) is 0 Å². The Kier molecular flexibility index (Phi) is 5.74. The molecule has 1 atom stereocenters. The largest absolute Gasteiger partial charge is 0.387 e. The number of anilines is 1. The highest BCUT2D eigenvalue weighted by Crippen LogP contribution is 2.30. The minimum atomic E-state index is -3.34. The third kappa shape index (κ3) is 4.61. The Morgan fingerprint density at radius 3 is 2.78 bits per heavy atom. The van der Waals surface area contributed by atoms with Gasteiger partial charge in [0, 0.05) is 23.7 Å². The molecule has 1 amide bonds. The lowest BCUT2D eigenvalue weighted by Crippen LogP contribution is -2.35. The molecular weight excluding hydrogens is 388 g/mol. The Morgan fingerprint density at radius 2 is 2.07 bits per heavy atom. The minimum absolute atomic E-state index is 0.0473. The average Bonchev–Trinajstić information content (AvgIpc) is 2.64. The van der Waals surface area contributed by atoms with E-state index in [-0.39, 0.29) is 12.5 Å². The number of halogens is 1. The van der Waals surface area contributed by atoms with E-state index in [4.69, 9.17) is 11.6 Å². The average molecular weight is 409 g/mol. The number of carbonyl (C=O) groups is 1. The van der Waals surface area contributed by atoms with E-state index in [1.54, 1.807) is 42.5 Å². The second kappa shape index (κ2) is 7.88. The molecule has 1 heterocycles. The Labute approximate surface area is 163 Å². The van der Waals surface area contributed by atoms with Crippen molar-refractivity contribution in [3.63, 3.8) is 0 Å². The van der Waals surface area contributed by atoms with Gasteiger partial charge in [0.05, 0.1) is 18.0 Å². The maximum atomic E-state index is 12.4. The van der Waals surface area contributed by atoms with Gasteiger partial charge in [0.25, 0.3) is 5.91 Å². The molecule has 6 nitrogen and oxygen atoms in total. The van der Waals surface area contributed by atoms with E-state index in [1.807, 2.05) is 0 Å². The summed E-state index contributed by atoms with van der Waals surface area (Å²) in [5, 5.41) is 13.4. The lowest BCUT2D eigenvalue weighted by Gasteiger charge is -2.29. The summed E-state index contributed by atoms with van der Waals surface area (Å²) >= 11 is 5.91. The zero-order valence-corrected chi connectivity index (χ0v) is 16.4. The molecule has 0 spiro atoms. The van der Waals surface area contributed by atoms with Crippen molar-refractivity contribution in [3.05, 3.63) is 64.2 Å². The Hall–Kier alpha value is -2.09. The van der Waals surface area contributed by atoms with E-state index in [2.05, 4.69) is 5.32 Å². The number of sulfonamides is 1. The van der Waals surface area contributed by atoms with E-state index < -0.39 is 16.1 Å². The van der Waals surface area contributed by atoms with Crippen LogP contribution < -0.4 is 9.62 Å². The molecule has 144 valence electrons. The van der Waals surface area contributed by atoms with Gasteiger partial charge < -0.3 is 10.4 Å². The number of benzene rings is 2. The molecule has 2 aromatic carbocycles. The van der Waals surface area contributed by atoms with Gasteiger partial charge in [-0.15, -0.1) is 0 Å². The lowest BCUT2D eigenvalue weighted by molar-refractivity contribution is 0.0916. The van der Waals surface area contributed by atoms with Crippen molar-refractivity contribution < 1.29 is 18.3 Å². The van der Waals surface area contributed by atoms with Crippen LogP contribution in [0.2, 0.25) is 5.02 Å². The van der Waals surface area contributed by atoms with Gasteiger partial charge in [0.1, 0.15) is 0 Å². The smallest absolute Gasteiger partial charge is 0.251 e. The van der Waals surface area contributed by atoms with Gasteiger partial charge in [-0.3, -0.25) is 9.10 Å². The molecule has 0 radical (unpaired) electrons. The topological polar surface area (TPSA) is 86.7 Å². The molecule has 27 heavy (non-hydrogen) atoms. The van der Waals surface area contributed by atoms with Gasteiger partial charge in [0.2, 0.25) is 10.0 Å². The molecule has 0 saturated carbocycles. The molecule has 1 unspecified atom stereocenters. The number of aliphatic hydroxyl groups is 1. The molecule has 0 aromatic heterocycles. The summed E-state index contributed by atoms with van der Waals surface area (Å²) in [4.78, 5) is 12.4. The van der Waals surface area contributed by atoms with E-state index in [1.165, 1.54) is 10.6 Å². The van der Waals surface area contributed by atoms with Crippen molar-refractivity contribution in [1.29, 1.82) is 0 Å². The summed E-state index contributed by atoms with van der Waals surface area (Å²) in [6.07, 6.45) is 1.73. The number of amides is 1. The maximum absolute atomic E-state index is 12.4. The van der Waals surface area contributed by atoms with Crippen LogP contribution in [-0.4, -0.2) is 38.8 Å². The van der Waals surface area contributed by atoms with Crippen molar-refractivity contribution in [2.24, 2.45) is 0 Å². The Bertz CT molecular complexity index is 962. The monoisotopic (exact) mass is 408 g/mol. The van der Waals surface area contributed by atoms with Gasteiger partial charge in [-0.2, -0.15) is 0 Å². The summed E-state index contributed by atoms with van der Waals surface area (Å²) in [7, 11) is -3.34. The van der Waals surface area contributed by atoms with Crippen LogP contribution in [0.25, 0.3) is 0 Å². The number of fused-ring (bicyclic) bond motifs is 1. The van der Waals surface area contributed by atoms with Crippen LogP contribution in [0.3, 0.4) is 0 Å². The quantitative estimate of drug-likeness (QED) is 0.795. The Morgan fingerprint density at radius 1 is 1.30 bits per heavy atom. The van der Waals surface area contributed by atoms with Crippen LogP contribution in [-0.2, 0) is 16.4 Å². The molecular formula is C19H21ClN2O4S. The fraction of sp³-hybridized carbons (Fsp3) is 0.316. The SMILES string of the molecule is CS(=O)(=O)N1CCCc2cc(C(=O)NCC(O)c3cccc(Cl)c3)ccc21. The molecule has 0 fully saturated rings. The number of nitrogens with one attached hydrogen (secondary N) is 1. The second-order valence-corrected chi connectivity index (χ2v) is 8.91. The minimum Gasteiger partial charge on any atom is -0.387 e. The van der Waals surface area contributed by atoms with Crippen molar-refractivity contribution in [3.8, 4) is 0 Å². The van der Waals surface area contributed by atoms with E-state index >= 15 is 0 Å². The van der Waals surface area contributed by atoms with Crippen molar-refractivity contribution in [1.82, 2.24) is 5.32 Å². The van der Waals surface area contributed by atoms with Crippen LogP contribution in [0.5, 0.6) is 0 Å².